The molecule has 1 aromatic heterocycles. The molecule has 0 bridgehead atoms. The average molecular weight is 272 g/mol. The Labute approximate surface area is 99.6 Å². The number of hydrogen-bond acceptors (Lipinski definition) is 3. The minimum absolute atomic E-state index is 0.197. The molecular formula is C11H18BrN3. The van der Waals surface area contributed by atoms with E-state index in [1.54, 1.807) is 6.20 Å². The normalized spacial score (nSPS) is 13.7. The van der Waals surface area contributed by atoms with Crippen molar-refractivity contribution in [2.45, 2.75) is 33.7 Å². The van der Waals surface area contributed by atoms with Gasteiger partial charge >= 0.3 is 0 Å². The van der Waals surface area contributed by atoms with Gasteiger partial charge in [-0.3, -0.25) is 0 Å². The van der Waals surface area contributed by atoms with Crippen molar-refractivity contribution in [3.05, 3.63) is 16.7 Å². The van der Waals surface area contributed by atoms with Crippen LogP contribution in [0, 0.1) is 5.41 Å². The number of nitrogen functional groups attached to an aromatic ring is 1. The quantitative estimate of drug-likeness (QED) is 0.868. The molecule has 0 aliphatic rings. The van der Waals surface area contributed by atoms with E-state index in [1.807, 2.05) is 6.07 Å². The van der Waals surface area contributed by atoms with Crippen molar-refractivity contribution >= 4 is 27.4 Å². The highest BCUT2D eigenvalue weighted by atomic mass is 79.9. The molecule has 1 unspecified atom stereocenters. The topological polar surface area (TPSA) is 50.9 Å². The predicted octanol–water partition coefficient (Wildman–Crippen LogP) is 3.27. The summed E-state index contributed by atoms with van der Waals surface area (Å²) in [5, 5.41) is 3.36. The standard InChI is InChI=1S/C11H18BrN3/c1-7(11(2,3)4)15-10-9(12)5-8(13)6-14-10/h5-7H,13H2,1-4H3,(H,14,15). The maximum Gasteiger partial charge on any atom is 0.140 e. The molecule has 3 nitrogen and oxygen atoms in total. The molecule has 15 heavy (non-hydrogen) atoms. The Balaban J connectivity index is 2.82. The molecule has 0 saturated carbocycles. The van der Waals surface area contributed by atoms with Crippen molar-refractivity contribution in [1.82, 2.24) is 4.98 Å². The van der Waals surface area contributed by atoms with E-state index in [-0.39, 0.29) is 5.41 Å². The second kappa shape index (κ2) is 4.39. The molecular weight excluding hydrogens is 254 g/mol. The number of hydrogen-bond donors (Lipinski definition) is 2. The number of rotatable bonds is 2. The van der Waals surface area contributed by atoms with Crippen LogP contribution in [-0.4, -0.2) is 11.0 Å². The molecule has 3 N–H and O–H groups in total. The fourth-order valence-electron chi connectivity index (χ4n) is 0.981. The van der Waals surface area contributed by atoms with Crippen molar-refractivity contribution in [3.63, 3.8) is 0 Å². The molecule has 84 valence electrons. The number of pyridine rings is 1. The number of nitrogens with two attached hydrogens (primary N) is 1. The summed E-state index contributed by atoms with van der Waals surface area (Å²) in [5.41, 5.74) is 6.48. The van der Waals surface area contributed by atoms with Gasteiger partial charge in [0.2, 0.25) is 0 Å². The maximum atomic E-state index is 5.62. The van der Waals surface area contributed by atoms with Gasteiger partial charge < -0.3 is 11.1 Å². The summed E-state index contributed by atoms with van der Waals surface area (Å²) in [6.45, 7) is 8.71. The van der Waals surface area contributed by atoms with Gasteiger partial charge in [-0.1, -0.05) is 20.8 Å². The zero-order valence-electron chi connectivity index (χ0n) is 9.63. The molecule has 0 aliphatic carbocycles. The van der Waals surface area contributed by atoms with Gasteiger partial charge in [0, 0.05) is 6.04 Å². The van der Waals surface area contributed by atoms with Crippen LogP contribution >= 0.6 is 15.9 Å². The van der Waals surface area contributed by atoms with Crippen LogP contribution in [0.1, 0.15) is 27.7 Å². The van der Waals surface area contributed by atoms with Crippen molar-refractivity contribution in [3.8, 4) is 0 Å². The number of halogens is 1. The highest BCUT2D eigenvalue weighted by molar-refractivity contribution is 9.10. The number of aromatic nitrogens is 1. The first-order chi connectivity index (χ1) is 6.80. The molecule has 1 aromatic rings. The summed E-state index contributed by atoms with van der Waals surface area (Å²) in [6.07, 6.45) is 1.66. The van der Waals surface area contributed by atoms with Crippen molar-refractivity contribution < 1.29 is 0 Å². The lowest BCUT2D eigenvalue weighted by Gasteiger charge is -2.28. The van der Waals surface area contributed by atoms with Crippen LogP contribution in [-0.2, 0) is 0 Å². The van der Waals surface area contributed by atoms with Crippen LogP contribution in [0.5, 0.6) is 0 Å². The van der Waals surface area contributed by atoms with E-state index < -0.39 is 0 Å². The van der Waals surface area contributed by atoms with Gasteiger partial charge in [-0.15, -0.1) is 0 Å². The first kappa shape index (κ1) is 12.3. The third-order valence-corrected chi connectivity index (χ3v) is 3.12. The minimum Gasteiger partial charge on any atom is -0.397 e. The Morgan fingerprint density at radius 3 is 2.53 bits per heavy atom. The lowest BCUT2D eigenvalue weighted by Crippen LogP contribution is -2.31. The molecule has 0 fully saturated rings. The predicted molar refractivity (Wildman–Crippen MR) is 68.9 cm³/mol. The van der Waals surface area contributed by atoms with Gasteiger partial charge in [0.05, 0.1) is 16.4 Å². The molecule has 0 amide bonds. The van der Waals surface area contributed by atoms with Gasteiger partial charge in [-0.25, -0.2) is 4.98 Å². The van der Waals surface area contributed by atoms with Crippen LogP contribution in [0.2, 0.25) is 0 Å². The Kier molecular flexibility index (Phi) is 3.60. The third kappa shape index (κ3) is 3.38. The summed E-state index contributed by atoms with van der Waals surface area (Å²) >= 11 is 3.44. The summed E-state index contributed by atoms with van der Waals surface area (Å²) < 4.78 is 0.901. The SMILES string of the molecule is CC(Nc1ncc(N)cc1Br)C(C)(C)C. The summed E-state index contributed by atoms with van der Waals surface area (Å²) in [5.74, 6) is 0.839. The lowest BCUT2D eigenvalue weighted by atomic mass is 9.88. The third-order valence-electron chi connectivity index (χ3n) is 2.51. The molecule has 0 aromatic carbocycles. The van der Waals surface area contributed by atoms with Crippen LogP contribution in [0.4, 0.5) is 11.5 Å². The fourth-order valence-corrected chi connectivity index (χ4v) is 1.46. The molecule has 0 saturated heterocycles. The molecule has 1 heterocycles. The second-order valence-corrected chi connectivity index (χ2v) is 5.69. The van der Waals surface area contributed by atoms with E-state index in [1.165, 1.54) is 0 Å². The number of nitrogens with zero attached hydrogens (tertiary/aromatic N) is 1. The molecule has 0 radical (unpaired) electrons. The van der Waals surface area contributed by atoms with E-state index in [4.69, 9.17) is 5.73 Å². The van der Waals surface area contributed by atoms with Gasteiger partial charge in [0.15, 0.2) is 0 Å². The fraction of sp³-hybridized carbons (Fsp3) is 0.545. The van der Waals surface area contributed by atoms with Crippen molar-refractivity contribution in [2.24, 2.45) is 5.41 Å². The Morgan fingerprint density at radius 2 is 2.07 bits per heavy atom. The first-order valence-electron chi connectivity index (χ1n) is 4.98. The largest absolute Gasteiger partial charge is 0.397 e. The van der Waals surface area contributed by atoms with Crippen LogP contribution < -0.4 is 11.1 Å². The Hall–Kier alpha value is -0.770. The molecule has 0 aliphatic heterocycles. The van der Waals surface area contributed by atoms with Gasteiger partial charge in [-0.05, 0) is 34.3 Å². The number of nitrogens with one attached hydrogen (secondary N) is 1. The first-order valence-corrected chi connectivity index (χ1v) is 5.77. The lowest BCUT2D eigenvalue weighted by molar-refractivity contribution is 0.358. The van der Waals surface area contributed by atoms with E-state index in [0.717, 1.165) is 10.3 Å². The average Bonchev–Trinajstić information content (AvgIpc) is 2.08. The molecule has 4 heteroatoms. The summed E-state index contributed by atoms with van der Waals surface area (Å²) in [7, 11) is 0. The summed E-state index contributed by atoms with van der Waals surface area (Å²) in [6, 6.07) is 2.19. The Morgan fingerprint density at radius 1 is 1.47 bits per heavy atom. The van der Waals surface area contributed by atoms with Gasteiger partial charge in [-0.2, -0.15) is 0 Å². The Bertz CT molecular complexity index is 344. The smallest absolute Gasteiger partial charge is 0.140 e. The summed E-state index contributed by atoms with van der Waals surface area (Å²) in [4.78, 5) is 4.25. The molecule has 1 atom stereocenters. The highest BCUT2D eigenvalue weighted by Crippen LogP contribution is 2.27. The van der Waals surface area contributed by atoms with E-state index in [2.05, 4.69) is 53.9 Å². The van der Waals surface area contributed by atoms with Crippen molar-refractivity contribution in [2.75, 3.05) is 11.1 Å². The molecule has 1 rings (SSSR count). The highest BCUT2D eigenvalue weighted by Gasteiger charge is 2.20. The van der Waals surface area contributed by atoms with E-state index in [0.29, 0.717) is 11.7 Å². The van der Waals surface area contributed by atoms with E-state index >= 15 is 0 Å². The van der Waals surface area contributed by atoms with Gasteiger partial charge in [0.25, 0.3) is 0 Å². The zero-order chi connectivity index (χ0) is 11.6. The van der Waals surface area contributed by atoms with Crippen molar-refractivity contribution in [1.29, 1.82) is 0 Å². The van der Waals surface area contributed by atoms with E-state index in [9.17, 15) is 0 Å². The van der Waals surface area contributed by atoms with Crippen LogP contribution in [0.15, 0.2) is 16.7 Å². The second-order valence-electron chi connectivity index (χ2n) is 4.83. The minimum atomic E-state index is 0.197. The zero-order valence-corrected chi connectivity index (χ0v) is 11.2. The monoisotopic (exact) mass is 271 g/mol. The number of anilines is 2. The van der Waals surface area contributed by atoms with Crippen LogP contribution in [0.25, 0.3) is 0 Å². The van der Waals surface area contributed by atoms with Gasteiger partial charge in [0.1, 0.15) is 5.82 Å². The molecule has 0 spiro atoms. The van der Waals surface area contributed by atoms with Crippen LogP contribution in [0.3, 0.4) is 0 Å². The maximum absolute atomic E-state index is 5.62.